The Kier molecular flexibility index (Phi) is 5.44. The van der Waals surface area contributed by atoms with Crippen molar-refractivity contribution in [2.75, 3.05) is 4.90 Å². The van der Waals surface area contributed by atoms with Crippen LogP contribution in [0.4, 0.5) is 15.9 Å². The second-order valence-electron chi connectivity index (χ2n) is 9.27. The number of anilines is 3. The third-order valence-corrected chi connectivity index (χ3v) is 9.17. The van der Waals surface area contributed by atoms with Gasteiger partial charge in [-0.1, -0.05) is 0 Å². The van der Waals surface area contributed by atoms with Gasteiger partial charge < -0.3 is 0 Å². The van der Waals surface area contributed by atoms with Crippen LogP contribution in [-0.2, 0) is 0 Å². The minimum atomic E-state index is -0.185. The van der Waals surface area contributed by atoms with E-state index >= 15 is 0 Å². The van der Waals surface area contributed by atoms with Crippen LogP contribution >= 0.6 is 0 Å². The van der Waals surface area contributed by atoms with Gasteiger partial charge in [-0.25, -0.2) is 0 Å². The molecule has 3 nitrogen and oxygen atoms in total. The zero-order chi connectivity index (χ0) is 25.6. The predicted molar refractivity (Wildman–Crippen MR) is 156 cm³/mol. The number of carbonyl (C=O) groups excluding carboxylic acids is 2. The molecular formula is C34H21NO2Se. The zero-order valence-electron chi connectivity index (χ0n) is 20.3. The van der Waals surface area contributed by atoms with E-state index in [0.717, 1.165) is 31.1 Å². The Morgan fingerprint density at radius 3 is 2.08 bits per heavy atom. The summed E-state index contributed by atoms with van der Waals surface area (Å²) in [5.74, 6) is -0.365. The Balaban J connectivity index is 1.33. The first-order valence-corrected chi connectivity index (χ1v) is 14.2. The molecule has 1 aliphatic rings. The van der Waals surface area contributed by atoms with E-state index < -0.39 is 0 Å². The maximum atomic E-state index is 13.5. The molecule has 0 saturated carbocycles. The van der Waals surface area contributed by atoms with Gasteiger partial charge in [-0.15, -0.1) is 0 Å². The molecule has 0 amide bonds. The molecular weight excluding hydrogens is 533 g/mol. The van der Waals surface area contributed by atoms with Crippen molar-refractivity contribution in [2.45, 2.75) is 0 Å². The summed E-state index contributed by atoms with van der Waals surface area (Å²) >= 11 is -0.100. The number of ketones is 2. The van der Waals surface area contributed by atoms with Crippen LogP contribution in [0.25, 0.3) is 27.6 Å². The molecule has 1 heterocycles. The van der Waals surface area contributed by atoms with E-state index in [0.29, 0.717) is 11.1 Å². The predicted octanol–water partition coefficient (Wildman–Crippen LogP) is 7.98. The molecule has 0 aliphatic heterocycles. The van der Waals surface area contributed by atoms with Crippen molar-refractivity contribution in [1.29, 1.82) is 0 Å². The zero-order valence-corrected chi connectivity index (χ0v) is 22.0. The summed E-state index contributed by atoms with van der Waals surface area (Å²) in [5, 5.41) is 4.16. The fourth-order valence-electron chi connectivity index (χ4n) is 5.27. The van der Waals surface area contributed by atoms with Gasteiger partial charge in [-0.2, -0.15) is 0 Å². The van der Waals surface area contributed by atoms with Crippen molar-refractivity contribution < 1.29 is 9.59 Å². The molecule has 38 heavy (non-hydrogen) atoms. The number of benzene rings is 5. The first kappa shape index (κ1) is 22.7. The van der Waals surface area contributed by atoms with Crippen LogP contribution in [0, 0.1) is 0 Å². The van der Waals surface area contributed by atoms with Crippen molar-refractivity contribution in [3.05, 3.63) is 142 Å². The SMILES string of the molecule is O=C1/C(=C\c2ccc(N(c3ccccc3)c3cccc4ccccc34)[se]2)C(=O)c2c1ccc1ccccc21. The standard InChI is InChI=1S/C34H21NO2Se/c36-33-28-19-17-23-10-5-7-15-27(23)32(28)34(37)29(33)21-25-18-20-31(38-25)35(24-12-2-1-3-13-24)30-16-8-11-22-9-4-6-14-26(22)30/h1-21H/b29-21+. The number of allylic oxidation sites excluding steroid dienone is 1. The normalized spacial score (nSPS) is 13.9. The molecule has 0 bridgehead atoms. The maximum absolute atomic E-state index is 13.5. The van der Waals surface area contributed by atoms with Crippen LogP contribution in [0.2, 0.25) is 0 Å². The second-order valence-corrected chi connectivity index (χ2v) is 11.6. The van der Waals surface area contributed by atoms with E-state index in [1.807, 2.05) is 60.7 Å². The summed E-state index contributed by atoms with van der Waals surface area (Å²) < 4.78 is 2.15. The average molecular weight is 555 g/mol. The van der Waals surface area contributed by atoms with E-state index in [2.05, 4.69) is 65.6 Å². The summed E-state index contributed by atoms with van der Waals surface area (Å²) in [6.45, 7) is 0. The molecule has 0 spiro atoms. The molecule has 1 aliphatic carbocycles. The van der Waals surface area contributed by atoms with Gasteiger partial charge in [-0.05, 0) is 0 Å². The van der Waals surface area contributed by atoms with Gasteiger partial charge in [0, 0.05) is 0 Å². The minimum absolute atomic E-state index is 0.100. The molecule has 0 radical (unpaired) electrons. The Bertz CT molecular complexity index is 1910. The van der Waals surface area contributed by atoms with Gasteiger partial charge in [0.1, 0.15) is 0 Å². The van der Waals surface area contributed by atoms with Crippen LogP contribution < -0.4 is 4.90 Å². The molecule has 1 aromatic heterocycles. The Labute approximate surface area is 226 Å². The molecule has 180 valence electrons. The molecule has 6 aromatic rings. The third-order valence-electron chi connectivity index (χ3n) is 7.03. The molecule has 0 unspecified atom stereocenters. The van der Waals surface area contributed by atoms with Gasteiger partial charge in [0.15, 0.2) is 0 Å². The topological polar surface area (TPSA) is 37.4 Å². The van der Waals surface area contributed by atoms with Crippen LogP contribution in [0.15, 0.2) is 127 Å². The van der Waals surface area contributed by atoms with Gasteiger partial charge in [-0.3, -0.25) is 0 Å². The number of fused-ring (bicyclic) bond motifs is 4. The fourth-order valence-corrected chi connectivity index (χ4v) is 7.33. The van der Waals surface area contributed by atoms with Gasteiger partial charge in [0.25, 0.3) is 0 Å². The molecule has 0 N–H and O–H groups in total. The van der Waals surface area contributed by atoms with E-state index in [4.69, 9.17) is 0 Å². The van der Waals surface area contributed by atoms with E-state index in [-0.39, 0.29) is 31.6 Å². The first-order chi connectivity index (χ1) is 18.7. The number of hydrogen-bond donors (Lipinski definition) is 0. The van der Waals surface area contributed by atoms with Gasteiger partial charge >= 0.3 is 227 Å². The third kappa shape index (κ3) is 3.66. The second kappa shape index (κ2) is 9.11. The molecule has 5 aromatic carbocycles. The summed E-state index contributed by atoms with van der Waals surface area (Å²) in [5.41, 5.74) is 3.47. The fraction of sp³-hybridized carbons (Fsp3) is 0. The first-order valence-electron chi connectivity index (χ1n) is 12.4. The van der Waals surface area contributed by atoms with Crippen molar-refractivity contribution in [2.24, 2.45) is 0 Å². The number of hydrogen-bond acceptors (Lipinski definition) is 3. The van der Waals surface area contributed by atoms with Crippen molar-refractivity contribution in [1.82, 2.24) is 0 Å². The number of para-hydroxylation sites is 1. The van der Waals surface area contributed by atoms with Gasteiger partial charge in [0.05, 0.1) is 0 Å². The number of carbonyl (C=O) groups is 2. The van der Waals surface area contributed by atoms with Crippen molar-refractivity contribution in [3.8, 4) is 0 Å². The molecule has 0 saturated heterocycles. The summed E-state index contributed by atoms with van der Waals surface area (Å²) in [6.07, 6.45) is 1.81. The van der Waals surface area contributed by atoms with E-state index in [1.54, 1.807) is 6.07 Å². The van der Waals surface area contributed by atoms with Crippen molar-refractivity contribution >= 4 is 69.6 Å². The summed E-state index contributed by atoms with van der Waals surface area (Å²) in [4.78, 5) is 29.1. The van der Waals surface area contributed by atoms with Crippen LogP contribution in [0.1, 0.15) is 25.2 Å². The van der Waals surface area contributed by atoms with Crippen molar-refractivity contribution in [3.63, 3.8) is 0 Å². The van der Waals surface area contributed by atoms with Crippen LogP contribution in [0.5, 0.6) is 0 Å². The Morgan fingerprint density at radius 2 is 1.26 bits per heavy atom. The van der Waals surface area contributed by atoms with Gasteiger partial charge in [0.2, 0.25) is 0 Å². The quantitative estimate of drug-likeness (QED) is 0.126. The molecule has 0 atom stereocenters. The number of rotatable bonds is 4. The monoisotopic (exact) mass is 555 g/mol. The Morgan fingerprint density at radius 1 is 0.579 bits per heavy atom. The molecule has 7 rings (SSSR count). The van der Waals surface area contributed by atoms with E-state index in [9.17, 15) is 9.59 Å². The van der Waals surface area contributed by atoms with E-state index in [1.165, 1.54) is 10.8 Å². The number of nitrogens with zero attached hydrogens (tertiary/aromatic N) is 1. The molecule has 4 heteroatoms. The summed E-state index contributed by atoms with van der Waals surface area (Å²) in [6, 6.07) is 40.7. The van der Waals surface area contributed by atoms with Crippen LogP contribution in [0.3, 0.4) is 0 Å². The Hall–Kier alpha value is -4.50. The van der Waals surface area contributed by atoms with Crippen LogP contribution in [-0.4, -0.2) is 26.1 Å². The average Bonchev–Trinajstić information content (AvgIpc) is 3.52. The summed E-state index contributed by atoms with van der Waals surface area (Å²) in [7, 11) is 0. The number of Topliss-reactive ketones (excluding diaryl/α,β-unsaturated/α-hetero) is 2. The molecule has 0 fully saturated rings.